The fourth-order valence-electron chi connectivity index (χ4n) is 1.36. The van der Waals surface area contributed by atoms with Crippen LogP contribution in [-0.4, -0.2) is 11.0 Å². The molecule has 1 rings (SSSR count). The van der Waals surface area contributed by atoms with Crippen LogP contribution >= 0.6 is 15.9 Å². The van der Waals surface area contributed by atoms with Crippen molar-refractivity contribution in [2.75, 3.05) is 5.32 Å². The molecule has 0 bridgehead atoms. The standard InChI is InChI=1S/C12H17BrN2/c1-4-5-6-10(3)15-11-7-9(2)12(13)14-8-11/h4,7-8,10,15H,1,5-6H2,2-3H3. The second kappa shape index (κ2) is 5.91. The van der Waals surface area contributed by atoms with E-state index >= 15 is 0 Å². The molecule has 0 aliphatic heterocycles. The Balaban J connectivity index is 2.56. The first-order valence-electron chi connectivity index (χ1n) is 5.13. The fraction of sp³-hybridized carbons (Fsp3) is 0.417. The van der Waals surface area contributed by atoms with Gasteiger partial charge in [0.1, 0.15) is 4.60 Å². The van der Waals surface area contributed by atoms with Crippen molar-refractivity contribution in [3.8, 4) is 0 Å². The van der Waals surface area contributed by atoms with Gasteiger partial charge in [-0.2, -0.15) is 0 Å². The van der Waals surface area contributed by atoms with Gasteiger partial charge in [-0.15, -0.1) is 6.58 Å². The fourth-order valence-corrected chi connectivity index (χ4v) is 1.58. The molecule has 0 amide bonds. The number of pyridine rings is 1. The third-order valence-electron chi connectivity index (χ3n) is 2.23. The van der Waals surface area contributed by atoms with Crippen LogP contribution in [0.3, 0.4) is 0 Å². The molecule has 1 heterocycles. The summed E-state index contributed by atoms with van der Waals surface area (Å²) in [6, 6.07) is 2.55. The summed E-state index contributed by atoms with van der Waals surface area (Å²) in [6.45, 7) is 7.92. The maximum Gasteiger partial charge on any atom is 0.109 e. The summed E-state index contributed by atoms with van der Waals surface area (Å²) in [4.78, 5) is 4.25. The van der Waals surface area contributed by atoms with Crippen molar-refractivity contribution in [1.82, 2.24) is 4.98 Å². The Bertz CT molecular complexity index is 336. The van der Waals surface area contributed by atoms with E-state index < -0.39 is 0 Å². The van der Waals surface area contributed by atoms with Crippen molar-refractivity contribution in [2.45, 2.75) is 32.7 Å². The smallest absolute Gasteiger partial charge is 0.109 e. The zero-order valence-electron chi connectivity index (χ0n) is 9.26. The molecular formula is C12H17BrN2. The van der Waals surface area contributed by atoms with E-state index in [-0.39, 0.29) is 0 Å². The molecule has 0 radical (unpaired) electrons. The normalized spacial score (nSPS) is 12.2. The number of hydrogen-bond donors (Lipinski definition) is 1. The number of anilines is 1. The van der Waals surface area contributed by atoms with Crippen molar-refractivity contribution >= 4 is 21.6 Å². The molecule has 1 aromatic heterocycles. The van der Waals surface area contributed by atoms with Crippen molar-refractivity contribution < 1.29 is 0 Å². The van der Waals surface area contributed by atoms with Gasteiger partial charge in [0.2, 0.25) is 0 Å². The van der Waals surface area contributed by atoms with E-state index in [9.17, 15) is 0 Å². The highest BCUT2D eigenvalue weighted by Gasteiger charge is 2.02. The van der Waals surface area contributed by atoms with Crippen LogP contribution in [0, 0.1) is 6.92 Å². The molecule has 0 aliphatic carbocycles. The van der Waals surface area contributed by atoms with E-state index in [1.807, 2.05) is 19.2 Å². The largest absolute Gasteiger partial charge is 0.381 e. The summed E-state index contributed by atoms with van der Waals surface area (Å²) in [5, 5.41) is 3.41. The summed E-state index contributed by atoms with van der Waals surface area (Å²) >= 11 is 3.39. The summed E-state index contributed by atoms with van der Waals surface area (Å²) in [7, 11) is 0. The molecule has 1 unspecified atom stereocenters. The molecule has 15 heavy (non-hydrogen) atoms. The molecule has 0 aliphatic rings. The van der Waals surface area contributed by atoms with Crippen molar-refractivity contribution in [3.63, 3.8) is 0 Å². The van der Waals surface area contributed by atoms with Gasteiger partial charge in [-0.05, 0) is 54.2 Å². The number of nitrogens with zero attached hydrogens (tertiary/aromatic N) is 1. The number of hydrogen-bond acceptors (Lipinski definition) is 2. The highest BCUT2D eigenvalue weighted by atomic mass is 79.9. The Hall–Kier alpha value is -0.830. The van der Waals surface area contributed by atoms with Crippen LogP contribution < -0.4 is 5.32 Å². The third-order valence-corrected chi connectivity index (χ3v) is 3.06. The zero-order valence-corrected chi connectivity index (χ0v) is 10.8. The van der Waals surface area contributed by atoms with E-state index in [1.54, 1.807) is 0 Å². The van der Waals surface area contributed by atoms with Crippen molar-refractivity contribution in [3.05, 3.63) is 35.1 Å². The van der Waals surface area contributed by atoms with Gasteiger partial charge in [0, 0.05) is 6.04 Å². The van der Waals surface area contributed by atoms with Gasteiger partial charge >= 0.3 is 0 Å². The van der Waals surface area contributed by atoms with Crippen molar-refractivity contribution in [2.24, 2.45) is 0 Å². The minimum atomic E-state index is 0.449. The lowest BCUT2D eigenvalue weighted by atomic mass is 10.1. The summed E-state index contributed by atoms with van der Waals surface area (Å²) in [5.74, 6) is 0. The first-order chi connectivity index (χ1) is 7.13. The maximum atomic E-state index is 4.25. The molecule has 0 saturated heterocycles. The lowest BCUT2D eigenvalue weighted by molar-refractivity contribution is 0.718. The Morgan fingerprint density at radius 1 is 1.67 bits per heavy atom. The number of rotatable bonds is 5. The number of allylic oxidation sites excluding steroid dienone is 1. The van der Waals surface area contributed by atoms with E-state index in [1.165, 1.54) is 0 Å². The third kappa shape index (κ3) is 4.04. The Morgan fingerprint density at radius 3 is 3.00 bits per heavy atom. The predicted octanol–water partition coefficient (Wildman–Crippen LogP) is 3.92. The molecule has 82 valence electrons. The molecule has 2 nitrogen and oxygen atoms in total. The van der Waals surface area contributed by atoms with Gasteiger partial charge in [0.15, 0.2) is 0 Å². The first-order valence-corrected chi connectivity index (χ1v) is 5.92. The number of halogens is 1. The predicted molar refractivity (Wildman–Crippen MR) is 69.2 cm³/mol. The van der Waals surface area contributed by atoms with Crippen LogP contribution in [0.4, 0.5) is 5.69 Å². The lowest BCUT2D eigenvalue weighted by Gasteiger charge is -2.14. The Labute approximate surface area is 99.9 Å². The lowest BCUT2D eigenvalue weighted by Crippen LogP contribution is -2.14. The number of aryl methyl sites for hydroxylation is 1. The second-order valence-electron chi connectivity index (χ2n) is 3.74. The van der Waals surface area contributed by atoms with Crippen LogP contribution in [-0.2, 0) is 0 Å². The van der Waals surface area contributed by atoms with Gasteiger partial charge in [-0.1, -0.05) is 6.08 Å². The Kier molecular flexibility index (Phi) is 4.82. The molecule has 0 fully saturated rings. The van der Waals surface area contributed by atoms with Crippen LogP contribution in [0.1, 0.15) is 25.3 Å². The minimum absolute atomic E-state index is 0.449. The SMILES string of the molecule is C=CCCC(C)Nc1cnc(Br)c(C)c1. The van der Waals surface area contributed by atoms with Crippen LogP contribution in [0.25, 0.3) is 0 Å². The number of nitrogens with one attached hydrogen (secondary N) is 1. The van der Waals surface area contributed by atoms with Gasteiger partial charge < -0.3 is 5.32 Å². The average molecular weight is 269 g/mol. The molecule has 3 heteroatoms. The first kappa shape index (κ1) is 12.2. The average Bonchev–Trinajstić information content (AvgIpc) is 2.20. The summed E-state index contributed by atoms with van der Waals surface area (Å²) < 4.78 is 0.909. The second-order valence-corrected chi connectivity index (χ2v) is 4.49. The molecule has 1 atom stereocenters. The molecular weight excluding hydrogens is 252 g/mol. The number of aromatic nitrogens is 1. The van der Waals surface area contributed by atoms with E-state index in [2.05, 4.69) is 45.8 Å². The minimum Gasteiger partial charge on any atom is -0.381 e. The highest BCUT2D eigenvalue weighted by molar-refractivity contribution is 9.10. The van der Waals surface area contributed by atoms with Crippen LogP contribution in [0.2, 0.25) is 0 Å². The molecule has 1 aromatic rings. The van der Waals surface area contributed by atoms with Crippen LogP contribution in [0.15, 0.2) is 29.5 Å². The van der Waals surface area contributed by atoms with E-state index in [4.69, 9.17) is 0 Å². The topological polar surface area (TPSA) is 24.9 Å². The molecule has 0 saturated carbocycles. The van der Waals surface area contributed by atoms with E-state index in [0.717, 1.165) is 28.7 Å². The van der Waals surface area contributed by atoms with Crippen LogP contribution in [0.5, 0.6) is 0 Å². The van der Waals surface area contributed by atoms with Gasteiger partial charge in [-0.25, -0.2) is 4.98 Å². The quantitative estimate of drug-likeness (QED) is 0.647. The van der Waals surface area contributed by atoms with Gasteiger partial charge in [0.05, 0.1) is 11.9 Å². The summed E-state index contributed by atoms with van der Waals surface area (Å²) in [6.07, 6.45) is 5.93. The van der Waals surface area contributed by atoms with Crippen molar-refractivity contribution in [1.29, 1.82) is 0 Å². The zero-order chi connectivity index (χ0) is 11.3. The van der Waals surface area contributed by atoms with E-state index in [0.29, 0.717) is 6.04 Å². The van der Waals surface area contributed by atoms with Gasteiger partial charge in [-0.3, -0.25) is 0 Å². The Morgan fingerprint density at radius 2 is 2.40 bits per heavy atom. The highest BCUT2D eigenvalue weighted by Crippen LogP contribution is 2.17. The monoisotopic (exact) mass is 268 g/mol. The molecule has 0 aromatic carbocycles. The summed E-state index contributed by atoms with van der Waals surface area (Å²) in [5.41, 5.74) is 2.23. The van der Waals surface area contributed by atoms with Gasteiger partial charge in [0.25, 0.3) is 0 Å². The molecule has 0 spiro atoms. The maximum absolute atomic E-state index is 4.25. The molecule has 1 N–H and O–H groups in total.